The predicted molar refractivity (Wildman–Crippen MR) is 101 cm³/mol. The number of benzene rings is 1. The summed E-state index contributed by atoms with van der Waals surface area (Å²) in [5.74, 6) is -0.0774. The summed E-state index contributed by atoms with van der Waals surface area (Å²) in [4.78, 5) is 10.6. The molecule has 2 fully saturated rings. The Bertz CT molecular complexity index is 591. The fourth-order valence-corrected chi connectivity index (χ4v) is 4.02. The molecule has 2 aliphatic rings. The fourth-order valence-electron chi connectivity index (χ4n) is 4.02. The Kier molecular flexibility index (Phi) is 6.27. The quantitative estimate of drug-likeness (QED) is 0.677. The second-order valence-electron chi connectivity index (χ2n) is 7.42. The molecule has 4 heteroatoms. The van der Waals surface area contributed by atoms with E-state index in [0.717, 1.165) is 32.1 Å². The molecule has 1 aromatic rings. The number of carbonyl (C=O) groups is 1. The van der Waals surface area contributed by atoms with E-state index in [4.69, 9.17) is 5.11 Å². The van der Waals surface area contributed by atoms with Crippen molar-refractivity contribution in [1.82, 2.24) is 10.6 Å². The lowest BCUT2D eigenvalue weighted by Crippen LogP contribution is -2.42. The molecular formula is C21H30N2O2. The number of carboxylic acid groups (broad SMARTS) is 1. The zero-order valence-corrected chi connectivity index (χ0v) is 15.1. The zero-order valence-electron chi connectivity index (χ0n) is 15.1. The molecule has 136 valence electrons. The SMILES string of the molecule is CCC(=Cc1ccccc1)C1C[C@@H]1NC1CCC(NCC(=O)O)CC1. The molecule has 1 unspecified atom stereocenters. The summed E-state index contributed by atoms with van der Waals surface area (Å²) in [6.45, 7) is 2.33. The van der Waals surface area contributed by atoms with Crippen LogP contribution in [-0.4, -0.2) is 35.7 Å². The molecule has 4 nitrogen and oxygen atoms in total. The molecule has 25 heavy (non-hydrogen) atoms. The maximum atomic E-state index is 10.6. The first kappa shape index (κ1) is 18.2. The minimum Gasteiger partial charge on any atom is -0.480 e. The highest BCUT2D eigenvalue weighted by Crippen LogP contribution is 2.40. The van der Waals surface area contributed by atoms with Gasteiger partial charge in [0.25, 0.3) is 0 Å². The van der Waals surface area contributed by atoms with Crippen LogP contribution in [0, 0.1) is 5.92 Å². The molecule has 0 heterocycles. The molecule has 2 atom stereocenters. The van der Waals surface area contributed by atoms with Crippen LogP contribution in [-0.2, 0) is 4.79 Å². The second kappa shape index (κ2) is 8.63. The van der Waals surface area contributed by atoms with Gasteiger partial charge in [0, 0.05) is 18.1 Å². The second-order valence-corrected chi connectivity index (χ2v) is 7.42. The van der Waals surface area contributed by atoms with E-state index in [9.17, 15) is 4.79 Å². The third-order valence-corrected chi connectivity index (χ3v) is 5.55. The minimum atomic E-state index is -0.765. The van der Waals surface area contributed by atoms with Crippen LogP contribution in [0.1, 0.15) is 51.0 Å². The lowest BCUT2D eigenvalue weighted by atomic mass is 9.91. The Morgan fingerprint density at radius 1 is 1.16 bits per heavy atom. The molecule has 3 rings (SSSR count). The van der Waals surface area contributed by atoms with Gasteiger partial charge in [0.15, 0.2) is 0 Å². The number of nitrogens with one attached hydrogen (secondary N) is 2. The molecule has 3 N–H and O–H groups in total. The van der Waals surface area contributed by atoms with E-state index in [0.29, 0.717) is 24.0 Å². The van der Waals surface area contributed by atoms with Crippen molar-refractivity contribution in [3.05, 3.63) is 41.5 Å². The molecule has 1 aromatic carbocycles. The van der Waals surface area contributed by atoms with Crippen molar-refractivity contribution in [1.29, 1.82) is 0 Å². The van der Waals surface area contributed by atoms with Crippen molar-refractivity contribution in [2.45, 2.75) is 63.6 Å². The van der Waals surface area contributed by atoms with Crippen molar-refractivity contribution in [2.24, 2.45) is 5.92 Å². The maximum Gasteiger partial charge on any atom is 0.317 e. The van der Waals surface area contributed by atoms with Gasteiger partial charge in [-0.1, -0.05) is 48.9 Å². The smallest absolute Gasteiger partial charge is 0.317 e. The van der Waals surface area contributed by atoms with Crippen LogP contribution >= 0.6 is 0 Å². The van der Waals surface area contributed by atoms with Crippen LogP contribution in [0.25, 0.3) is 6.08 Å². The highest BCUT2D eigenvalue weighted by Gasteiger charge is 2.40. The zero-order chi connectivity index (χ0) is 17.6. The van der Waals surface area contributed by atoms with E-state index < -0.39 is 5.97 Å². The monoisotopic (exact) mass is 342 g/mol. The van der Waals surface area contributed by atoms with Gasteiger partial charge in [0.2, 0.25) is 0 Å². The topological polar surface area (TPSA) is 61.4 Å². The van der Waals surface area contributed by atoms with Crippen molar-refractivity contribution < 1.29 is 9.90 Å². The summed E-state index contributed by atoms with van der Waals surface area (Å²) in [6, 6.07) is 12.2. The number of hydrogen-bond donors (Lipinski definition) is 3. The van der Waals surface area contributed by atoms with Crippen LogP contribution in [0.4, 0.5) is 0 Å². The Balaban J connectivity index is 1.44. The summed E-state index contributed by atoms with van der Waals surface area (Å²) >= 11 is 0. The van der Waals surface area contributed by atoms with Gasteiger partial charge < -0.3 is 15.7 Å². The Labute approximate surface area is 150 Å². The average molecular weight is 342 g/mol. The molecule has 0 spiro atoms. The van der Waals surface area contributed by atoms with Gasteiger partial charge in [-0.2, -0.15) is 0 Å². The predicted octanol–water partition coefficient (Wildman–Crippen LogP) is 3.44. The Hall–Kier alpha value is -1.65. The minimum absolute atomic E-state index is 0.0810. The van der Waals surface area contributed by atoms with Crippen molar-refractivity contribution >= 4 is 12.0 Å². The number of aliphatic carboxylic acids is 1. The standard InChI is InChI=1S/C21H30N2O2/c1-2-16(12-15-6-4-3-5-7-15)19-13-20(19)23-18-10-8-17(9-11-18)22-14-21(24)25/h3-7,12,17-20,22-23H,2,8-11,13-14H2,1H3,(H,24,25)/t17?,18?,19?,20-/m0/s1. The molecule has 0 aromatic heterocycles. The molecule has 2 saturated carbocycles. The molecule has 0 amide bonds. The number of rotatable bonds is 8. The van der Waals surface area contributed by atoms with E-state index in [1.54, 1.807) is 5.57 Å². The van der Waals surface area contributed by atoms with Gasteiger partial charge in [0.05, 0.1) is 6.54 Å². The van der Waals surface area contributed by atoms with E-state index in [1.165, 1.54) is 12.0 Å². The van der Waals surface area contributed by atoms with Gasteiger partial charge >= 0.3 is 5.97 Å². The molecule has 0 radical (unpaired) electrons. The van der Waals surface area contributed by atoms with Gasteiger partial charge in [0.1, 0.15) is 0 Å². The lowest BCUT2D eigenvalue weighted by molar-refractivity contribution is -0.136. The van der Waals surface area contributed by atoms with E-state index in [2.05, 4.69) is 54.0 Å². The fraction of sp³-hybridized carbons (Fsp3) is 0.571. The van der Waals surface area contributed by atoms with Gasteiger partial charge in [-0.3, -0.25) is 4.79 Å². The summed E-state index contributed by atoms with van der Waals surface area (Å²) in [7, 11) is 0. The Morgan fingerprint density at radius 2 is 1.84 bits per heavy atom. The van der Waals surface area contributed by atoms with Crippen molar-refractivity contribution in [2.75, 3.05) is 6.54 Å². The first-order valence-electron chi connectivity index (χ1n) is 9.62. The summed E-state index contributed by atoms with van der Waals surface area (Å²) in [6.07, 6.45) is 9.16. The first-order chi connectivity index (χ1) is 12.2. The largest absolute Gasteiger partial charge is 0.480 e. The van der Waals surface area contributed by atoms with Gasteiger partial charge in [-0.25, -0.2) is 0 Å². The van der Waals surface area contributed by atoms with Crippen molar-refractivity contribution in [3.63, 3.8) is 0 Å². The highest BCUT2D eigenvalue weighted by molar-refractivity contribution is 5.69. The molecule has 0 bridgehead atoms. The number of hydrogen-bond acceptors (Lipinski definition) is 3. The first-order valence-corrected chi connectivity index (χ1v) is 9.62. The van der Waals surface area contributed by atoms with E-state index >= 15 is 0 Å². The third-order valence-electron chi connectivity index (χ3n) is 5.55. The van der Waals surface area contributed by atoms with Crippen LogP contribution in [0.3, 0.4) is 0 Å². The van der Waals surface area contributed by atoms with Gasteiger partial charge in [-0.05, 0) is 50.0 Å². The van der Waals surface area contributed by atoms with Crippen LogP contribution in [0.5, 0.6) is 0 Å². The van der Waals surface area contributed by atoms with Crippen molar-refractivity contribution in [3.8, 4) is 0 Å². The van der Waals surface area contributed by atoms with E-state index in [1.807, 2.05) is 0 Å². The summed E-state index contributed by atoms with van der Waals surface area (Å²) < 4.78 is 0. The lowest BCUT2D eigenvalue weighted by Gasteiger charge is -2.29. The van der Waals surface area contributed by atoms with Gasteiger partial charge in [-0.15, -0.1) is 0 Å². The molecule has 2 aliphatic carbocycles. The maximum absolute atomic E-state index is 10.6. The third kappa shape index (κ3) is 5.41. The van der Waals surface area contributed by atoms with Crippen LogP contribution < -0.4 is 10.6 Å². The highest BCUT2D eigenvalue weighted by atomic mass is 16.4. The molecule has 0 saturated heterocycles. The summed E-state index contributed by atoms with van der Waals surface area (Å²) in [5.41, 5.74) is 2.86. The summed E-state index contributed by atoms with van der Waals surface area (Å²) in [5, 5.41) is 15.7. The molecule has 0 aliphatic heterocycles. The van der Waals surface area contributed by atoms with Crippen LogP contribution in [0.15, 0.2) is 35.9 Å². The van der Waals surface area contributed by atoms with Crippen LogP contribution in [0.2, 0.25) is 0 Å². The average Bonchev–Trinajstić information content (AvgIpc) is 3.39. The van der Waals surface area contributed by atoms with E-state index in [-0.39, 0.29) is 6.54 Å². The normalized spacial score (nSPS) is 29.4. The molecular weight excluding hydrogens is 312 g/mol. The Morgan fingerprint density at radius 3 is 2.48 bits per heavy atom. The number of carboxylic acids is 1.